The van der Waals surface area contributed by atoms with Crippen molar-refractivity contribution in [2.45, 2.75) is 13.0 Å². The van der Waals surface area contributed by atoms with Crippen molar-refractivity contribution in [2.24, 2.45) is 0 Å². The van der Waals surface area contributed by atoms with Crippen LogP contribution >= 0.6 is 11.6 Å². The van der Waals surface area contributed by atoms with E-state index in [1.165, 1.54) is 0 Å². The molecular formula is C19H20ClNO4. The topological polar surface area (TPSA) is 48.0 Å². The first-order chi connectivity index (χ1) is 12.2. The molecule has 0 N–H and O–H groups in total. The predicted molar refractivity (Wildman–Crippen MR) is 95.6 cm³/mol. The minimum absolute atomic E-state index is 0.0677. The molecule has 132 valence electrons. The summed E-state index contributed by atoms with van der Waals surface area (Å²) in [6, 6.07) is 14.6. The van der Waals surface area contributed by atoms with Crippen LogP contribution in [0.3, 0.4) is 0 Å². The summed E-state index contributed by atoms with van der Waals surface area (Å²) in [6.07, 6.45) is -0.209. The molecule has 3 rings (SSSR count). The monoisotopic (exact) mass is 361 g/mol. The highest BCUT2D eigenvalue weighted by Crippen LogP contribution is 2.31. The Morgan fingerprint density at radius 3 is 2.68 bits per heavy atom. The second-order valence-electron chi connectivity index (χ2n) is 5.65. The number of para-hydroxylation sites is 3. The van der Waals surface area contributed by atoms with Crippen LogP contribution in [0.25, 0.3) is 0 Å². The maximum atomic E-state index is 12.4. The average Bonchev–Trinajstić information content (AvgIpc) is 2.65. The van der Waals surface area contributed by atoms with Gasteiger partial charge in [0.1, 0.15) is 12.4 Å². The van der Waals surface area contributed by atoms with Gasteiger partial charge in [-0.1, -0.05) is 35.9 Å². The van der Waals surface area contributed by atoms with Gasteiger partial charge in [0.2, 0.25) is 0 Å². The third kappa shape index (κ3) is 4.37. The average molecular weight is 362 g/mol. The Bertz CT molecular complexity index is 737. The van der Waals surface area contributed by atoms with Gasteiger partial charge in [0.15, 0.2) is 24.2 Å². The van der Waals surface area contributed by atoms with Crippen LogP contribution in [0.5, 0.6) is 17.2 Å². The van der Waals surface area contributed by atoms with Crippen molar-refractivity contribution < 1.29 is 19.0 Å². The zero-order valence-electron chi connectivity index (χ0n) is 14.0. The van der Waals surface area contributed by atoms with E-state index in [-0.39, 0.29) is 18.6 Å². The Labute approximate surface area is 152 Å². The molecule has 1 amide bonds. The summed E-state index contributed by atoms with van der Waals surface area (Å²) in [7, 11) is 0. The van der Waals surface area contributed by atoms with Gasteiger partial charge < -0.3 is 19.1 Å². The van der Waals surface area contributed by atoms with Crippen molar-refractivity contribution in [3.05, 3.63) is 53.6 Å². The summed E-state index contributed by atoms with van der Waals surface area (Å²) in [4.78, 5) is 14.1. The summed E-state index contributed by atoms with van der Waals surface area (Å²) in [6.45, 7) is 3.26. The molecule has 0 aromatic heterocycles. The SMILES string of the molecule is CCN(CC1COc2ccccc2O1)C(=O)COc1ccccc1Cl. The number of carbonyl (C=O) groups excluding carboxylic acids is 1. The lowest BCUT2D eigenvalue weighted by atomic mass is 10.2. The molecular weight excluding hydrogens is 342 g/mol. The van der Waals surface area contributed by atoms with Crippen molar-refractivity contribution in [3.8, 4) is 17.2 Å². The fourth-order valence-electron chi connectivity index (χ4n) is 2.60. The van der Waals surface area contributed by atoms with Gasteiger partial charge in [0.25, 0.3) is 5.91 Å². The van der Waals surface area contributed by atoms with E-state index >= 15 is 0 Å². The molecule has 0 saturated carbocycles. The molecule has 0 saturated heterocycles. The fourth-order valence-corrected chi connectivity index (χ4v) is 2.79. The normalized spacial score (nSPS) is 15.5. The van der Waals surface area contributed by atoms with E-state index in [9.17, 15) is 4.79 Å². The second kappa shape index (κ2) is 8.12. The smallest absolute Gasteiger partial charge is 0.260 e. The van der Waals surface area contributed by atoms with Gasteiger partial charge in [-0.05, 0) is 31.2 Å². The number of carbonyl (C=O) groups is 1. The highest BCUT2D eigenvalue weighted by molar-refractivity contribution is 6.32. The molecule has 0 spiro atoms. The Hall–Kier alpha value is -2.40. The molecule has 5 nitrogen and oxygen atoms in total. The van der Waals surface area contributed by atoms with Crippen LogP contribution in [0.2, 0.25) is 5.02 Å². The summed E-state index contributed by atoms with van der Waals surface area (Å²) in [5, 5.41) is 0.485. The zero-order chi connectivity index (χ0) is 17.6. The van der Waals surface area contributed by atoms with E-state index in [1.807, 2.05) is 43.3 Å². The maximum absolute atomic E-state index is 12.4. The summed E-state index contributed by atoms with van der Waals surface area (Å²) in [5.74, 6) is 1.81. The molecule has 0 aliphatic carbocycles. The van der Waals surface area contributed by atoms with E-state index in [1.54, 1.807) is 17.0 Å². The zero-order valence-corrected chi connectivity index (χ0v) is 14.7. The molecule has 6 heteroatoms. The van der Waals surface area contributed by atoms with Crippen molar-refractivity contribution in [1.82, 2.24) is 4.90 Å². The van der Waals surface area contributed by atoms with Crippen molar-refractivity contribution in [3.63, 3.8) is 0 Å². The van der Waals surface area contributed by atoms with Crippen molar-refractivity contribution in [1.29, 1.82) is 0 Å². The molecule has 1 atom stereocenters. The van der Waals surface area contributed by atoms with E-state index in [0.717, 1.165) is 5.75 Å². The van der Waals surface area contributed by atoms with Crippen LogP contribution in [0, 0.1) is 0 Å². The van der Waals surface area contributed by atoms with Gasteiger partial charge in [-0.15, -0.1) is 0 Å². The van der Waals surface area contributed by atoms with Crippen LogP contribution in [-0.2, 0) is 4.79 Å². The molecule has 25 heavy (non-hydrogen) atoms. The van der Waals surface area contributed by atoms with E-state index in [2.05, 4.69) is 0 Å². The van der Waals surface area contributed by atoms with Gasteiger partial charge in [-0.25, -0.2) is 0 Å². The maximum Gasteiger partial charge on any atom is 0.260 e. The summed E-state index contributed by atoms with van der Waals surface area (Å²) < 4.78 is 17.1. The lowest BCUT2D eigenvalue weighted by Gasteiger charge is -2.30. The van der Waals surface area contributed by atoms with Crippen LogP contribution in [0.1, 0.15) is 6.92 Å². The van der Waals surface area contributed by atoms with Crippen molar-refractivity contribution in [2.75, 3.05) is 26.3 Å². The first-order valence-corrected chi connectivity index (χ1v) is 8.58. The number of amides is 1. The standard InChI is InChI=1S/C19H20ClNO4/c1-2-21(19(22)13-24-16-8-4-3-7-15(16)20)11-14-12-23-17-9-5-6-10-18(17)25-14/h3-10,14H,2,11-13H2,1H3. The molecule has 0 bridgehead atoms. The Morgan fingerprint density at radius 2 is 1.92 bits per heavy atom. The van der Waals surface area contributed by atoms with Crippen LogP contribution in [0.15, 0.2) is 48.5 Å². The Kier molecular flexibility index (Phi) is 5.66. The minimum Gasteiger partial charge on any atom is -0.486 e. The van der Waals surface area contributed by atoms with Gasteiger partial charge in [-0.2, -0.15) is 0 Å². The number of likely N-dealkylation sites (N-methyl/N-ethyl adjacent to an activating group) is 1. The quantitative estimate of drug-likeness (QED) is 0.791. The Morgan fingerprint density at radius 1 is 1.20 bits per heavy atom. The lowest BCUT2D eigenvalue weighted by molar-refractivity contribution is -0.134. The Balaban J connectivity index is 1.55. The first kappa shape index (κ1) is 17.4. The van der Waals surface area contributed by atoms with Gasteiger partial charge in [0.05, 0.1) is 11.6 Å². The molecule has 1 aliphatic heterocycles. The predicted octanol–water partition coefficient (Wildman–Crippen LogP) is 3.41. The number of fused-ring (bicyclic) bond motifs is 1. The highest BCUT2D eigenvalue weighted by Gasteiger charge is 2.25. The first-order valence-electron chi connectivity index (χ1n) is 8.21. The van der Waals surface area contributed by atoms with Crippen LogP contribution < -0.4 is 14.2 Å². The molecule has 2 aromatic carbocycles. The number of ether oxygens (including phenoxy) is 3. The van der Waals surface area contributed by atoms with Crippen molar-refractivity contribution >= 4 is 17.5 Å². The summed E-state index contributed by atoms with van der Waals surface area (Å²) in [5.41, 5.74) is 0. The van der Waals surface area contributed by atoms with Gasteiger partial charge >= 0.3 is 0 Å². The molecule has 0 fully saturated rings. The molecule has 1 aliphatic rings. The van der Waals surface area contributed by atoms with Gasteiger partial charge in [-0.3, -0.25) is 4.79 Å². The van der Waals surface area contributed by atoms with Gasteiger partial charge in [0, 0.05) is 6.54 Å². The number of hydrogen-bond donors (Lipinski definition) is 0. The second-order valence-corrected chi connectivity index (χ2v) is 6.06. The fraction of sp³-hybridized carbons (Fsp3) is 0.316. The third-order valence-electron chi connectivity index (χ3n) is 3.91. The van der Waals surface area contributed by atoms with E-state index < -0.39 is 0 Å². The minimum atomic E-state index is -0.209. The lowest BCUT2D eigenvalue weighted by Crippen LogP contribution is -2.45. The van der Waals surface area contributed by atoms with E-state index in [0.29, 0.717) is 36.2 Å². The number of benzene rings is 2. The molecule has 1 unspecified atom stereocenters. The number of halogens is 1. The van der Waals surface area contributed by atoms with E-state index in [4.69, 9.17) is 25.8 Å². The number of nitrogens with zero attached hydrogens (tertiary/aromatic N) is 1. The summed E-state index contributed by atoms with van der Waals surface area (Å²) >= 11 is 6.04. The molecule has 2 aromatic rings. The third-order valence-corrected chi connectivity index (χ3v) is 4.23. The molecule has 1 heterocycles. The molecule has 0 radical (unpaired) electrons. The van der Waals surface area contributed by atoms with Crippen LogP contribution in [0.4, 0.5) is 0 Å². The number of rotatable bonds is 6. The largest absolute Gasteiger partial charge is 0.486 e. The van der Waals surface area contributed by atoms with Crippen LogP contribution in [-0.4, -0.2) is 43.2 Å². The highest BCUT2D eigenvalue weighted by atomic mass is 35.5. The number of hydrogen-bond acceptors (Lipinski definition) is 4.